The molecule has 0 unspecified atom stereocenters. The van der Waals surface area contributed by atoms with Gasteiger partial charge in [-0.15, -0.1) is 5.10 Å². The van der Waals surface area contributed by atoms with Crippen LogP contribution in [0.5, 0.6) is 11.6 Å². The van der Waals surface area contributed by atoms with Crippen molar-refractivity contribution >= 4 is 17.6 Å². The number of pyridine rings is 1. The molecule has 0 bridgehead atoms. The van der Waals surface area contributed by atoms with Gasteiger partial charge in [0.2, 0.25) is 5.88 Å². The Balaban J connectivity index is 1.37. The van der Waals surface area contributed by atoms with Gasteiger partial charge in [-0.25, -0.2) is 4.98 Å². The van der Waals surface area contributed by atoms with Crippen LogP contribution in [0.4, 0.5) is 0 Å². The van der Waals surface area contributed by atoms with Gasteiger partial charge in [0, 0.05) is 23.7 Å². The van der Waals surface area contributed by atoms with E-state index in [1.165, 1.54) is 0 Å². The number of benzene rings is 2. The first kappa shape index (κ1) is 26.2. The predicted molar refractivity (Wildman–Crippen MR) is 143 cm³/mol. The molecule has 2 heterocycles. The zero-order valence-corrected chi connectivity index (χ0v) is 21.8. The molecule has 8 heteroatoms. The highest BCUT2D eigenvalue weighted by Crippen LogP contribution is 2.24. The second-order valence-electron chi connectivity index (χ2n) is 8.32. The highest BCUT2D eigenvalue weighted by molar-refractivity contribution is 6.31. The van der Waals surface area contributed by atoms with Crippen molar-refractivity contribution in [1.82, 2.24) is 14.8 Å². The Kier molecular flexibility index (Phi) is 9.16. The third-order valence-corrected chi connectivity index (χ3v) is 5.96. The van der Waals surface area contributed by atoms with Gasteiger partial charge in [-0.2, -0.15) is 0 Å². The molecule has 2 aromatic heterocycles. The lowest BCUT2D eigenvalue weighted by Gasteiger charge is -2.10. The fraction of sp³-hybridized carbons (Fsp3) is 0.276. The number of nitrogens with zero attached hydrogens (tertiary/aromatic N) is 3. The second kappa shape index (κ2) is 12.9. The van der Waals surface area contributed by atoms with E-state index < -0.39 is 0 Å². The molecule has 0 N–H and O–H groups in total. The van der Waals surface area contributed by atoms with Gasteiger partial charge in [0.25, 0.3) is 0 Å². The van der Waals surface area contributed by atoms with Gasteiger partial charge in [-0.1, -0.05) is 54.1 Å². The lowest BCUT2D eigenvalue weighted by atomic mass is 10.1. The van der Waals surface area contributed by atoms with Crippen LogP contribution in [0.1, 0.15) is 37.1 Å². The maximum atomic E-state index is 11.7. The van der Waals surface area contributed by atoms with E-state index in [2.05, 4.69) is 10.1 Å². The van der Waals surface area contributed by atoms with Crippen LogP contribution >= 0.6 is 11.6 Å². The first-order valence-corrected chi connectivity index (χ1v) is 12.7. The number of aryl methyl sites for hydroxylation is 1. The maximum Gasteiger partial charge on any atom is 0.306 e. The quantitative estimate of drug-likeness (QED) is 0.210. The van der Waals surface area contributed by atoms with Crippen LogP contribution in [0, 0.1) is 0 Å². The van der Waals surface area contributed by atoms with Crippen LogP contribution in [-0.2, 0) is 29.1 Å². The molecular formula is C29H30ClN3O4. The molecule has 37 heavy (non-hydrogen) atoms. The monoisotopic (exact) mass is 519 g/mol. The van der Waals surface area contributed by atoms with Gasteiger partial charge in [-0.3, -0.25) is 9.48 Å². The van der Waals surface area contributed by atoms with E-state index in [1.54, 1.807) is 6.92 Å². The van der Waals surface area contributed by atoms with Crippen LogP contribution < -0.4 is 9.47 Å². The van der Waals surface area contributed by atoms with Gasteiger partial charge in [0.05, 0.1) is 36.2 Å². The van der Waals surface area contributed by atoms with Crippen molar-refractivity contribution in [2.45, 2.75) is 39.8 Å². The molecule has 0 fully saturated rings. The molecule has 0 atom stereocenters. The zero-order valence-electron chi connectivity index (χ0n) is 21.0. The van der Waals surface area contributed by atoms with Gasteiger partial charge in [0.15, 0.2) is 0 Å². The summed E-state index contributed by atoms with van der Waals surface area (Å²) in [6.45, 7) is 5.41. The standard InChI is InChI=1S/C29H30ClN3O4/c1-3-35-28(34)17-12-23-19-33(32-29(23)36-4-2)18-21-10-13-24(14-11-21)37-20-27-25(30)15-16-26(31-27)22-8-6-5-7-9-22/h5-11,13-16,19H,3-4,12,17-18,20H2,1-2H3. The summed E-state index contributed by atoms with van der Waals surface area (Å²) in [6.07, 6.45) is 2.73. The van der Waals surface area contributed by atoms with Crippen molar-refractivity contribution in [3.05, 3.63) is 94.8 Å². The molecule has 0 aliphatic carbocycles. The number of carbonyl (C=O) groups excluding carboxylic acids is 1. The second-order valence-corrected chi connectivity index (χ2v) is 8.73. The van der Waals surface area contributed by atoms with Crippen LogP contribution in [0.15, 0.2) is 72.9 Å². The minimum absolute atomic E-state index is 0.225. The number of aromatic nitrogens is 3. The third kappa shape index (κ3) is 7.33. The summed E-state index contributed by atoms with van der Waals surface area (Å²) in [4.78, 5) is 16.4. The van der Waals surface area contributed by atoms with E-state index in [1.807, 2.05) is 84.5 Å². The Labute approximate surface area is 222 Å². The zero-order chi connectivity index (χ0) is 26.0. The summed E-state index contributed by atoms with van der Waals surface area (Å²) in [6, 6.07) is 21.5. The Morgan fingerprint density at radius 2 is 1.73 bits per heavy atom. The molecule has 0 aliphatic rings. The summed E-state index contributed by atoms with van der Waals surface area (Å²) in [5, 5.41) is 5.12. The number of ether oxygens (including phenoxy) is 3. The molecule has 0 saturated heterocycles. The highest BCUT2D eigenvalue weighted by atomic mass is 35.5. The minimum atomic E-state index is -0.225. The van der Waals surface area contributed by atoms with Crippen molar-refractivity contribution in [2.75, 3.05) is 13.2 Å². The average Bonchev–Trinajstić information content (AvgIpc) is 3.29. The molecule has 0 spiro atoms. The Hall–Kier alpha value is -3.84. The predicted octanol–water partition coefficient (Wildman–Crippen LogP) is 6.12. The Morgan fingerprint density at radius 1 is 0.946 bits per heavy atom. The molecule has 0 saturated carbocycles. The molecule has 4 rings (SSSR count). The van der Waals surface area contributed by atoms with Gasteiger partial charge in [-0.05, 0) is 50.1 Å². The lowest BCUT2D eigenvalue weighted by Crippen LogP contribution is -2.05. The fourth-order valence-electron chi connectivity index (χ4n) is 3.81. The minimum Gasteiger partial charge on any atom is -0.487 e. The van der Waals surface area contributed by atoms with Crippen molar-refractivity contribution < 1.29 is 19.0 Å². The fourth-order valence-corrected chi connectivity index (χ4v) is 3.97. The summed E-state index contributed by atoms with van der Waals surface area (Å²) >= 11 is 6.37. The maximum absolute atomic E-state index is 11.7. The molecule has 7 nitrogen and oxygen atoms in total. The molecule has 192 valence electrons. The summed E-state index contributed by atoms with van der Waals surface area (Å²) in [5.74, 6) is 1.04. The van der Waals surface area contributed by atoms with E-state index in [4.69, 9.17) is 25.8 Å². The molecule has 0 amide bonds. The van der Waals surface area contributed by atoms with E-state index in [-0.39, 0.29) is 12.6 Å². The third-order valence-electron chi connectivity index (χ3n) is 5.62. The smallest absolute Gasteiger partial charge is 0.306 e. The number of esters is 1. The van der Waals surface area contributed by atoms with E-state index in [0.29, 0.717) is 49.2 Å². The van der Waals surface area contributed by atoms with Crippen molar-refractivity contribution in [3.8, 4) is 22.9 Å². The Morgan fingerprint density at radius 3 is 2.46 bits per heavy atom. The Bertz CT molecular complexity index is 1310. The lowest BCUT2D eigenvalue weighted by molar-refractivity contribution is -0.143. The summed E-state index contributed by atoms with van der Waals surface area (Å²) < 4.78 is 18.5. The molecule has 2 aromatic carbocycles. The largest absolute Gasteiger partial charge is 0.487 e. The summed E-state index contributed by atoms with van der Waals surface area (Å²) in [5.41, 5.74) is 4.50. The number of halogens is 1. The van der Waals surface area contributed by atoms with E-state index in [0.717, 1.165) is 28.1 Å². The molecule has 0 radical (unpaired) electrons. The number of rotatable bonds is 12. The van der Waals surface area contributed by atoms with Crippen LogP contribution in [0.3, 0.4) is 0 Å². The van der Waals surface area contributed by atoms with E-state index in [9.17, 15) is 4.79 Å². The highest BCUT2D eigenvalue weighted by Gasteiger charge is 2.13. The van der Waals surface area contributed by atoms with Gasteiger partial charge >= 0.3 is 5.97 Å². The van der Waals surface area contributed by atoms with Crippen molar-refractivity contribution in [3.63, 3.8) is 0 Å². The van der Waals surface area contributed by atoms with Crippen LogP contribution in [0.25, 0.3) is 11.3 Å². The van der Waals surface area contributed by atoms with E-state index >= 15 is 0 Å². The van der Waals surface area contributed by atoms with Crippen molar-refractivity contribution in [1.29, 1.82) is 0 Å². The first-order chi connectivity index (χ1) is 18.1. The normalized spacial score (nSPS) is 10.8. The number of hydrogen-bond donors (Lipinski definition) is 0. The van der Waals surface area contributed by atoms with Crippen LogP contribution in [0.2, 0.25) is 5.02 Å². The number of hydrogen-bond acceptors (Lipinski definition) is 6. The van der Waals surface area contributed by atoms with Crippen molar-refractivity contribution in [2.24, 2.45) is 0 Å². The summed E-state index contributed by atoms with van der Waals surface area (Å²) in [7, 11) is 0. The van der Waals surface area contributed by atoms with Gasteiger partial charge in [0.1, 0.15) is 12.4 Å². The number of carbonyl (C=O) groups is 1. The molecular weight excluding hydrogens is 490 g/mol. The molecule has 4 aromatic rings. The van der Waals surface area contributed by atoms with Gasteiger partial charge < -0.3 is 14.2 Å². The first-order valence-electron chi connectivity index (χ1n) is 12.3. The average molecular weight is 520 g/mol. The van der Waals surface area contributed by atoms with Crippen LogP contribution in [-0.4, -0.2) is 33.9 Å². The SMILES string of the molecule is CCOC(=O)CCc1cn(Cc2ccc(OCc3nc(-c4ccccc4)ccc3Cl)cc2)nc1OCC. The molecule has 0 aliphatic heterocycles. The topological polar surface area (TPSA) is 75.5 Å².